The van der Waals surface area contributed by atoms with Gasteiger partial charge in [0.15, 0.2) is 3.79 Å². The molecule has 0 aromatic heterocycles. The van der Waals surface area contributed by atoms with Crippen LogP contribution in [0.3, 0.4) is 0 Å². The Morgan fingerprint density at radius 1 is 1.23 bits per heavy atom. The Hall–Kier alpha value is -0.380. The molecule has 13 heavy (non-hydrogen) atoms. The zero-order chi connectivity index (χ0) is 9.84. The van der Waals surface area contributed by atoms with Gasteiger partial charge in [-0.25, -0.2) is 0 Å². The van der Waals surface area contributed by atoms with Crippen molar-refractivity contribution in [1.29, 1.82) is 0 Å². The number of rotatable bonds is 3. The quantitative estimate of drug-likeness (QED) is 0.615. The highest BCUT2D eigenvalue weighted by Crippen LogP contribution is 2.27. The minimum atomic E-state index is 0.0433. The van der Waals surface area contributed by atoms with Gasteiger partial charge in [0.05, 0.1) is 5.92 Å². The summed E-state index contributed by atoms with van der Waals surface area (Å²) in [5.74, 6) is 0.411. The van der Waals surface area contributed by atoms with Gasteiger partial charge in [-0.05, 0) is 11.5 Å². The van der Waals surface area contributed by atoms with Crippen molar-refractivity contribution in [2.75, 3.05) is 0 Å². The second-order valence-corrected chi connectivity index (χ2v) is 4.50. The van der Waals surface area contributed by atoms with Gasteiger partial charge in [-0.3, -0.25) is 4.79 Å². The van der Waals surface area contributed by atoms with Gasteiger partial charge in [0, 0.05) is 22.6 Å². The maximum absolute atomic E-state index is 11.4. The first kappa shape index (κ1) is 10.7. The zero-order valence-corrected chi connectivity index (χ0v) is 9.99. The molecule has 1 rings (SSSR count). The predicted molar refractivity (Wildman–Crippen MR) is 63.0 cm³/mol. The standard InChI is InChI=1S/C11H13IO/c1-8(2)10(11(12)13)9-6-4-3-5-7-9/h3-8,10H,1-2H3. The largest absolute Gasteiger partial charge is 0.287 e. The van der Waals surface area contributed by atoms with Crippen LogP contribution in [-0.2, 0) is 4.79 Å². The molecule has 0 radical (unpaired) electrons. The number of hydrogen-bond donors (Lipinski definition) is 0. The van der Waals surface area contributed by atoms with Crippen molar-refractivity contribution in [1.82, 2.24) is 0 Å². The van der Waals surface area contributed by atoms with Gasteiger partial charge >= 0.3 is 0 Å². The molecule has 0 spiro atoms. The van der Waals surface area contributed by atoms with E-state index < -0.39 is 0 Å². The molecule has 1 aromatic rings. The van der Waals surface area contributed by atoms with Crippen molar-refractivity contribution < 1.29 is 4.79 Å². The summed E-state index contributed by atoms with van der Waals surface area (Å²) in [5.41, 5.74) is 1.12. The van der Waals surface area contributed by atoms with Gasteiger partial charge in [0.1, 0.15) is 0 Å². The molecule has 1 aromatic carbocycles. The summed E-state index contributed by atoms with van der Waals surface area (Å²) in [6.07, 6.45) is 0. The van der Waals surface area contributed by atoms with Gasteiger partial charge in [0.2, 0.25) is 0 Å². The second-order valence-electron chi connectivity index (χ2n) is 3.44. The molecule has 1 atom stereocenters. The number of carbonyl (C=O) groups excluding carboxylic acids is 1. The van der Waals surface area contributed by atoms with Crippen molar-refractivity contribution >= 4 is 26.4 Å². The van der Waals surface area contributed by atoms with E-state index in [0.717, 1.165) is 5.56 Å². The number of halogens is 1. The molecule has 1 unspecified atom stereocenters. The van der Waals surface area contributed by atoms with E-state index in [1.807, 2.05) is 52.9 Å². The first-order valence-electron chi connectivity index (χ1n) is 4.37. The van der Waals surface area contributed by atoms with Crippen LogP contribution >= 0.6 is 22.6 Å². The Labute approximate surface area is 92.7 Å². The minimum Gasteiger partial charge on any atom is -0.287 e. The van der Waals surface area contributed by atoms with Crippen molar-refractivity contribution in [2.24, 2.45) is 5.92 Å². The summed E-state index contributed by atoms with van der Waals surface area (Å²) in [6.45, 7) is 4.16. The molecule has 0 aliphatic heterocycles. The van der Waals surface area contributed by atoms with Crippen molar-refractivity contribution in [2.45, 2.75) is 19.8 Å². The first-order valence-corrected chi connectivity index (χ1v) is 5.45. The van der Waals surface area contributed by atoms with Gasteiger partial charge in [-0.15, -0.1) is 0 Å². The molecular weight excluding hydrogens is 275 g/mol. The monoisotopic (exact) mass is 288 g/mol. The maximum Gasteiger partial charge on any atom is 0.200 e. The normalized spacial score (nSPS) is 12.9. The fourth-order valence-corrected chi connectivity index (χ4v) is 2.52. The highest BCUT2D eigenvalue weighted by Gasteiger charge is 2.21. The molecule has 0 bridgehead atoms. The molecule has 0 heterocycles. The second kappa shape index (κ2) is 4.74. The van der Waals surface area contributed by atoms with Crippen molar-refractivity contribution in [3.8, 4) is 0 Å². The van der Waals surface area contributed by atoms with Crippen LogP contribution in [0.4, 0.5) is 0 Å². The third-order valence-corrected chi connectivity index (χ3v) is 2.74. The summed E-state index contributed by atoms with van der Waals surface area (Å²) in [7, 11) is 0. The number of benzene rings is 1. The van der Waals surface area contributed by atoms with E-state index >= 15 is 0 Å². The summed E-state index contributed by atoms with van der Waals surface area (Å²) in [4.78, 5) is 11.4. The Morgan fingerprint density at radius 2 is 1.77 bits per heavy atom. The van der Waals surface area contributed by atoms with Crippen LogP contribution in [0.1, 0.15) is 25.3 Å². The van der Waals surface area contributed by atoms with Crippen LogP contribution < -0.4 is 0 Å². The van der Waals surface area contributed by atoms with Crippen molar-refractivity contribution in [3.05, 3.63) is 35.9 Å². The summed E-state index contributed by atoms with van der Waals surface area (Å²) in [5, 5.41) is 0. The van der Waals surface area contributed by atoms with Crippen LogP contribution in [0.5, 0.6) is 0 Å². The van der Waals surface area contributed by atoms with Crippen LogP contribution in [0.15, 0.2) is 30.3 Å². The lowest BCUT2D eigenvalue weighted by Crippen LogP contribution is -2.12. The Kier molecular flexibility index (Phi) is 3.90. The van der Waals surface area contributed by atoms with E-state index in [9.17, 15) is 4.79 Å². The van der Waals surface area contributed by atoms with E-state index in [-0.39, 0.29) is 9.71 Å². The van der Waals surface area contributed by atoms with Gasteiger partial charge in [0.25, 0.3) is 0 Å². The molecule has 0 amide bonds. The zero-order valence-electron chi connectivity index (χ0n) is 7.83. The third kappa shape index (κ3) is 2.79. The first-order chi connectivity index (χ1) is 6.13. The van der Waals surface area contributed by atoms with E-state index in [0.29, 0.717) is 5.92 Å². The van der Waals surface area contributed by atoms with E-state index in [1.165, 1.54) is 0 Å². The molecule has 0 N–H and O–H groups in total. The van der Waals surface area contributed by atoms with Gasteiger partial charge in [-0.2, -0.15) is 0 Å². The van der Waals surface area contributed by atoms with Crippen molar-refractivity contribution in [3.63, 3.8) is 0 Å². The summed E-state index contributed by atoms with van der Waals surface area (Å²) in [6, 6.07) is 9.95. The molecule has 70 valence electrons. The van der Waals surface area contributed by atoms with E-state index in [2.05, 4.69) is 13.8 Å². The maximum atomic E-state index is 11.4. The Morgan fingerprint density at radius 3 is 2.15 bits per heavy atom. The SMILES string of the molecule is CC(C)C(C(=O)I)c1ccccc1. The predicted octanol–water partition coefficient (Wildman–Crippen LogP) is 3.39. The summed E-state index contributed by atoms with van der Waals surface area (Å²) >= 11 is 1.88. The van der Waals surface area contributed by atoms with Gasteiger partial charge in [-0.1, -0.05) is 44.2 Å². The molecule has 0 saturated carbocycles. The fraction of sp³-hybridized carbons (Fsp3) is 0.364. The van der Waals surface area contributed by atoms with E-state index in [1.54, 1.807) is 0 Å². The highest BCUT2D eigenvalue weighted by molar-refractivity contribution is 14.1. The summed E-state index contributed by atoms with van der Waals surface area (Å²) < 4.78 is 0.221. The Bertz CT molecular complexity index is 279. The lowest BCUT2D eigenvalue weighted by molar-refractivity contribution is -0.111. The molecule has 0 fully saturated rings. The average molecular weight is 288 g/mol. The molecule has 1 nitrogen and oxygen atoms in total. The van der Waals surface area contributed by atoms with Crippen LogP contribution in [0, 0.1) is 5.92 Å². The molecule has 0 aliphatic rings. The number of hydrogen-bond acceptors (Lipinski definition) is 1. The van der Waals surface area contributed by atoms with E-state index in [4.69, 9.17) is 0 Å². The third-order valence-electron chi connectivity index (χ3n) is 2.07. The average Bonchev–Trinajstić information content (AvgIpc) is 2.04. The van der Waals surface area contributed by atoms with Crippen LogP contribution in [0.2, 0.25) is 0 Å². The molecular formula is C11H13IO. The molecule has 0 saturated heterocycles. The highest BCUT2D eigenvalue weighted by atomic mass is 127. The topological polar surface area (TPSA) is 17.1 Å². The fourth-order valence-electron chi connectivity index (χ4n) is 1.44. The van der Waals surface area contributed by atoms with Gasteiger partial charge < -0.3 is 0 Å². The van der Waals surface area contributed by atoms with Crippen LogP contribution in [-0.4, -0.2) is 3.79 Å². The van der Waals surface area contributed by atoms with Crippen LogP contribution in [0.25, 0.3) is 0 Å². The number of carbonyl (C=O) groups is 1. The minimum absolute atomic E-state index is 0.0433. The molecule has 0 aliphatic carbocycles. The lowest BCUT2D eigenvalue weighted by atomic mass is 9.90. The molecule has 2 heteroatoms. The Balaban J connectivity index is 2.96. The smallest absolute Gasteiger partial charge is 0.200 e. The lowest BCUT2D eigenvalue weighted by Gasteiger charge is -2.16.